The van der Waals surface area contributed by atoms with Gasteiger partial charge in [0.05, 0.1) is 4.92 Å². The molecule has 0 saturated heterocycles. The van der Waals surface area contributed by atoms with Crippen molar-refractivity contribution < 1.29 is 4.92 Å². The van der Waals surface area contributed by atoms with E-state index in [4.69, 9.17) is 0 Å². The van der Waals surface area contributed by atoms with E-state index in [1.807, 2.05) is 18.3 Å². The SMILES string of the molecule is Cc1cccc2c1ccn2Cc1cccc([N+](=O)[O-])c1Br. The lowest BCUT2D eigenvalue weighted by molar-refractivity contribution is -0.385. The molecule has 0 aliphatic carbocycles. The van der Waals surface area contributed by atoms with Gasteiger partial charge in [0.15, 0.2) is 0 Å². The molecule has 106 valence electrons. The van der Waals surface area contributed by atoms with Crippen LogP contribution in [0.1, 0.15) is 11.1 Å². The third-order valence-corrected chi connectivity index (χ3v) is 4.54. The summed E-state index contributed by atoms with van der Waals surface area (Å²) in [5.41, 5.74) is 3.35. The van der Waals surface area contributed by atoms with E-state index in [1.54, 1.807) is 6.07 Å². The molecule has 2 aromatic carbocycles. The summed E-state index contributed by atoms with van der Waals surface area (Å²) in [6.45, 7) is 2.67. The monoisotopic (exact) mass is 344 g/mol. The first-order valence-corrected chi connectivity index (χ1v) is 7.33. The number of aryl methyl sites for hydroxylation is 1. The molecule has 0 amide bonds. The average Bonchev–Trinajstić information content (AvgIpc) is 2.85. The van der Waals surface area contributed by atoms with Crippen LogP contribution in [0, 0.1) is 17.0 Å². The Morgan fingerprint density at radius 3 is 2.71 bits per heavy atom. The quantitative estimate of drug-likeness (QED) is 0.512. The van der Waals surface area contributed by atoms with Gasteiger partial charge in [-0.1, -0.05) is 24.3 Å². The second-order valence-corrected chi connectivity index (χ2v) is 5.75. The Morgan fingerprint density at radius 2 is 1.95 bits per heavy atom. The smallest absolute Gasteiger partial charge is 0.283 e. The molecule has 0 aliphatic heterocycles. The van der Waals surface area contributed by atoms with Crippen LogP contribution in [0.5, 0.6) is 0 Å². The molecule has 0 bridgehead atoms. The minimum absolute atomic E-state index is 0.0974. The number of aromatic nitrogens is 1. The van der Waals surface area contributed by atoms with Gasteiger partial charge in [-0.2, -0.15) is 0 Å². The molecule has 3 aromatic rings. The lowest BCUT2D eigenvalue weighted by atomic mass is 10.1. The number of rotatable bonds is 3. The minimum atomic E-state index is -0.370. The van der Waals surface area contributed by atoms with Crippen LogP contribution in [0.3, 0.4) is 0 Å². The summed E-state index contributed by atoms with van der Waals surface area (Å²) >= 11 is 3.35. The number of nitro groups is 1. The third-order valence-electron chi connectivity index (χ3n) is 3.63. The number of nitro benzene ring substituents is 1. The van der Waals surface area contributed by atoms with Gasteiger partial charge in [0.25, 0.3) is 5.69 Å². The van der Waals surface area contributed by atoms with Crippen molar-refractivity contribution in [2.75, 3.05) is 0 Å². The molecule has 0 aliphatic rings. The maximum absolute atomic E-state index is 11.0. The molecule has 4 nitrogen and oxygen atoms in total. The second kappa shape index (κ2) is 5.33. The summed E-state index contributed by atoms with van der Waals surface area (Å²) in [6.07, 6.45) is 2.02. The highest BCUT2D eigenvalue weighted by molar-refractivity contribution is 9.10. The summed E-state index contributed by atoms with van der Waals surface area (Å²) in [6, 6.07) is 13.4. The van der Waals surface area contributed by atoms with Crippen molar-refractivity contribution in [1.29, 1.82) is 0 Å². The van der Waals surface area contributed by atoms with Crippen molar-refractivity contribution in [2.24, 2.45) is 0 Å². The van der Waals surface area contributed by atoms with E-state index < -0.39 is 0 Å². The van der Waals surface area contributed by atoms with Gasteiger partial charge in [0, 0.05) is 29.7 Å². The fraction of sp³-hybridized carbons (Fsp3) is 0.125. The Morgan fingerprint density at radius 1 is 1.19 bits per heavy atom. The molecule has 0 unspecified atom stereocenters. The number of nitrogens with zero attached hydrogens (tertiary/aromatic N) is 2. The molecule has 5 heteroatoms. The van der Waals surface area contributed by atoms with E-state index in [1.165, 1.54) is 17.0 Å². The van der Waals surface area contributed by atoms with Crippen molar-refractivity contribution in [1.82, 2.24) is 4.57 Å². The van der Waals surface area contributed by atoms with Crippen LogP contribution in [0.25, 0.3) is 10.9 Å². The molecule has 1 aromatic heterocycles. The Kier molecular flexibility index (Phi) is 3.51. The molecule has 1 heterocycles. The summed E-state index contributed by atoms with van der Waals surface area (Å²) in [5.74, 6) is 0. The molecule has 3 rings (SSSR count). The van der Waals surface area contributed by atoms with Crippen LogP contribution in [0.4, 0.5) is 5.69 Å². The predicted molar refractivity (Wildman–Crippen MR) is 86.6 cm³/mol. The highest BCUT2D eigenvalue weighted by Gasteiger charge is 2.15. The van der Waals surface area contributed by atoms with Gasteiger partial charge in [-0.05, 0) is 46.1 Å². The lowest BCUT2D eigenvalue weighted by Gasteiger charge is -2.08. The molecule has 0 spiro atoms. The van der Waals surface area contributed by atoms with Crippen LogP contribution in [0.2, 0.25) is 0 Å². The third kappa shape index (κ3) is 2.45. The standard InChI is InChI=1S/C16H13BrN2O2/c1-11-4-2-6-14-13(11)8-9-18(14)10-12-5-3-7-15(16(12)17)19(20)21/h2-9H,10H2,1H3. The number of halogens is 1. The number of fused-ring (bicyclic) bond motifs is 1. The molecule has 0 N–H and O–H groups in total. The predicted octanol–water partition coefficient (Wildman–Crippen LogP) is 4.67. The number of hydrogen-bond acceptors (Lipinski definition) is 2. The summed E-state index contributed by atoms with van der Waals surface area (Å²) in [5, 5.41) is 12.2. The fourth-order valence-electron chi connectivity index (χ4n) is 2.53. The van der Waals surface area contributed by atoms with Crippen LogP contribution in [-0.4, -0.2) is 9.49 Å². The van der Waals surface area contributed by atoms with Crippen molar-refractivity contribution in [3.63, 3.8) is 0 Å². The van der Waals surface area contributed by atoms with Gasteiger partial charge in [0.1, 0.15) is 4.47 Å². The molecule has 0 radical (unpaired) electrons. The molecular weight excluding hydrogens is 332 g/mol. The van der Waals surface area contributed by atoms with E-state index in [0.29, 0.717) is 11.0 Å². The van der Waals surface area contributed by atoms with Crippen LogP contribution in [0.15, 0.2) is 53.1 Å². The largest absolute Gasteiger partial charge is 0.343 e. The van der Waals surface area contributed by atoms with Crippen LogP contribution < -0.4 is 0 Å². The Labute approximate surface area is 130 Å². The summed E-state index contributed by atoms with van der Waals surface area (Å²) in [4.78, 5) is 10.6. The van der Waals surface area contributed by atoms with E-state index in [9.17, 15) is 10.1 Å². The van der Waals surface area contributed by atoms with Gasteiger partial charge >= 0.3 is 0 Å². The summed E-state index contributed by atoms with van der Waals surface area (Å²) in [7, 11) is 0. The van der Waals surface area contributed by atoms with E-state index >= 15 is 0 Å². The highest BCUT2D eigenvalue weighted by Crippen LogP contribution is 2.30. The van der Waals surface area contributed by atoms with Crippen molar-refractivity contribution >= 4 is 32.5 Å². The molecule has 0 atom stereocenters. The molecule has 0 fully saturated rings. The Bertz CT molecular complexity index is 839. The van der Waals surface area contributed by atoms with Gasteiger partial charge in [-0.3, -0.25) is 10.1 Å². The van der Waals surface area contributed by atoms with Gasteiger partial charge < -0.3 is 4.57 Å². The van der Waals surface area contributed by atoms with Crippen molar-refractivity contribution in [2.45, 2.75) is 13.5 Å². The highest BCUT2D eigenvalue weighted by atomic mass is 79.9. The lowest BCUT2D eigenvalue weighted by Crippen LogP contribution is -2.00. The molecule has 0 saturated carbocycles. The maximum atomic E-state index is 11.0. The van der Waals surface area contributed by atoms with Gasteiger partial charge in [-0.25, -0.2) is 0 Å². The zero-order valence-corrected chi connectivity index (χ0v) is 13.0. The van der Waals surface area contributed by atoms with Crippen LogP contribution in [-0.2, 0) is 6.54 Å². The first-order chi connectivity index (χ1) is 10.1. The number of benzene rings is 2. The Hall–Kier alpha value is -2.14. The average molecular weight is 345 g/mol. The first kappa shape index (κ1) is 13.8. The normalized spacial score (nSPS) is 11.0. The van der Waals surface area contributed by atoms with E-state index in [2.05, 4.69) is 45.6 Å². The zero-order chi connectivity index (χ0) is 15.0. The summed E-state index contributed by atoms with van der Waals surface area (Å²) < 4.78 is 2.65. The van der Waals surface area contributed by atoms with Gasteiger partial charge in [-0.15, -0.1) is 0 Å². The fourth-order valence-corrected chi connectivity index (χ4v) is 3.06. The van der Waals surface area contributed by atoms with Crippen LogP contribution >= 0.6 is 15.9 Å². The molecule has 21 heavy (non-hydrogen) atoms. The first-order valence-electron chi connectivity index (χ1n) is 6.54. The maximum Gasteiger partial charge on any atom is 0.283 e. The topological polar surface area (TPSA) is 48.1 Å². The minimum Gasteiger partial charge on any atom is -0.343 e. The van der Waals surface area contributed by atoms with Gasteiger partial charge in [0.2, 0.25) is 0 Å². The number of hydrogen-bond donors (Lipinski definition) is 0. The second-order valence-electron chi connectivity index (χ2n) is 4.96. The van der Waals surface area contributed by atoms with E-state index in [-0.39, 0.29) is 10.6 Å². The van der Waals surface area contributed by atoms with Crippen molar-refractivity contribution in [3.05, 3.63) is 74.4 Å². The van der Waals surface area contributed by atoms with E-state index in [0.717, 1.165) is 11.1 Å². The van der Waals surface area contributed by atoms with Crippen molar-refractivity contribution in [3.8, 4) is 0 Å². The zero-order valence-electron chi connectivity index (χ0n) is 11.4. The Balaban J connectivity index is 2.05. The molecular formula is C16H13BrN2O2.